The second-order valence-corrected chi connectivity index (χ2v) is 7.56. The number of carbonyl (C=O) groups excluding carboxylic acids is 1. The van der Waals surface area contributed by atoms with Crippen LogP contribution < -0.4 is 5.32 Å². The van der Waals surface area contributed by atoms with Crippen LogP contribution in [0, 0.1) is 0 Å². The Morgan fingerprint density at radius 2 is 1.41 bits per heavy atom. The van der Waals surface area contributed by atoms with E-state index in [-0.39, 0.29) is 11.6 Å². The van der Waals surface area contributed by atoms with Crippen LogP contribution in [0.25, 0.3) is 17.1 Å². The van der Waals surface area contributed by atoms with Crippen LogP contribution in [0.15, 0.2) is 72.8 Å². The summed E-state index contributed by atoms with van der Waals surface area (Å²) in [6.07, 6.45) is -4.47. The van der Waals surface area contributed by atoms with Gasteiger partial charge in [0.05, 0.1) is 11.3 Å². The van der Waals surface area contributed by atoms with Gasteiger partial charge < -0.3 is 5.32 Å². The number of nitrogens with zero attached hydrogens (tertiary/aromatic N) is 3. The topological polar surface area (TPSA) is 59.8 Å². The quantitative estimate of drug-likeness (QED) is 0.365. The molecule has 10 heteroatoms. The van der Waals surface area contributed by atoms with Crippen LogP contribution in [-0.4, -0.2) is 20.7 Å². The molecule has 0 unspecified atom stereocenters. The number of rotatable bonds is 4. The van der Waals surface area contributed by atoms with E-state index in [1.54, 1.807) is 48.5 Å². The zero-order valence-corrected chi connectivity index (χ0v) is 17.6. The highest BCUT2D eigenvalue weighted by molar-refractivity contribution is 6.30. The van der Waals surface area contributed by atoms with Gasteiger partial charge in [-0.3, -0.25) is 4.79 Å². The molecule has 0 fully saturated rings. The van der Waals surface area contributed by atoms with Gasteiger partial charge in [0.1, 0.15) is 0 Å². The van der Waals surface area contributed by atoms with Gasteiger partial charge in [-0.1, -0.05) is 35.3 Å². The van der Waals surface area contributed by atoms with Crippen molar-refractivity contribution >= 4 is 34.8 Å². The summed E-state index contributed by atoms with van der Waals surface area (Å²) >= 11 is 11.8. The number of amides is 1. The lowest BCUT2D eigenvalue weighted by Crippen LogP contribution is -2.14. The van der Waals surface area contributed by atoms with Crippen molar-refractivity contribution in [3.63, 3.8) is 0 Å². The standard InChI is InChI=1S/C22H13Cl2F3N4O/c23-15-5-9-17(10-6-15)28-21(32)19-29-20(13-1-3-14(4-2-13)22(25,26)27)31(30-19)18-11-7-16(24)8-12-18/h1-12H,(H,28,32). The molecule has 162 valence electrons. The first-order valence-corrected chi connectivity index (χ1v) is 9.94. The molecule has 0 spiro atoms. The smallest absolute Gasteiger partial charge is 0.319 e. The van der Waals surface area contributed by atoms with Crippen molar-refractivity contribution in [3.05, 3.63) is 94.2 Å². The van der Waals surface area contributed by atoms with Crippen molar-refractivity contribution in [2.75, 3.05) is 5.32 Å². The summed E-state index contributed by atoms with van der Waals surface area (Å²) in [5.41, 5.74) is 0.575. The molecule has 1 amide bonds. The molecule has 0 saturated heterocycles. The third-order valence-electron chi connectivity index (χ3n) is 4.45. The first-order valence-electron chi connectivity index (χ1n) is 9.18. The van der Waals surface area contributed by atoms with E-state index >= 15 is 0 Å². The average molecular weight is 477 g/mol. The molecule has 32 heavy (non-hydrogen) atoms. The fraction of sp³-hybridized carbons (Fsp3) is 0.0455. The number of alkyl halides is 3. The normalized spacial score (nSPS) is 11.4. The van der Waals surface area contributed by atoms with Gasteiger partial charge >= 0.3 is 6.18 Å². The van der Waals surface area contributed by atoms with E-state index in [9.17, 15) is 18.0 Å². The molecule has 4 rings (SSSR count). The van der Waals surface area contributed by atoms with E-state index < -0.39 is 17.6 Å². The molecule has 5 nitrogen and oxygen atoms in total. The SMILES string of the molecule is O=C(Nc1ccc(Cl)cc1)c1nc(-c2ccc(C(F)(F)F)cc2)n(-c2ccc(Cl)cc2)n1. The molecular weight excluding hydrogens is 464 g/mol. The predicted molar refractivity (Wildman–Crippen MR) is 116 cm³/mol. The maximum atomic E-state index is 12.9. The Hall–Kier alpha value is -3.36. The lowest BCUT2D eigenvalue weighted by Gasteiger charge is -2.09. The molecule has 1 heterocycles. The summed E-state index contributed by atoms with van der Waals surface area (Å²) in [5.74, 6) is -0.555. The number of hydrogen-bond acceptors (Lipinski definition) is 3. The Labute approximate surface area is 190 Å². The van der Waals surface area contributed by atoms with Crippen molar-refractivity contribution in [2.24, 2.45) is 0 Å². The molecular formula is C22H13Cl2F3N4O. The fourth-order valence-corrected chi connectivity index (χ4v) is 3.14. The van der Waals surface area contributed by atoms with Crippen molar-refractivity contribution < 1.29 is 18.0 Å². The zero-order chi connectivity index (χ0) is 22.9. The maximum absolute atomic E-state index is 12.9. The lowest BCUT2D eigenvalue weighted by atomic mass is 10.1. The van der Waals surface area contributed by atoms with E-state index in [1.807, 2.05) is 0 Å². The molecule has 0 aliphatic rings. The first kappa shape index (κ1) is 21.9. The van der Waals surface area contributed by atoms with Crippen LogP contribution in [0.1, 0.15) is 16.2 Å². The summed E-state index contributed by atoms with van der Waals surface area (Å²) in [5, 5.41) is 7.94. The van der Waals surface area contributed by atoms with E-state index in [0.29, 0.717) is 27.0 Å². The number of carbonyl (C=O) groups is 1. The molecule has 1 aromatic heterocycles. The Bertz CT molecular complexity index is 1250. The molecule has 0 radical (unpaired) electrons. The lowest BCUT2D eigenvalue weighted by molar-refractivity contribution is -0.137. The number of hydrogen-bond donors (Lipinski definition) is 1. The third-order valence-corrected chi connectivity index (χ3v) is 4.96. The van der Waals surface area contributed by atoms with Gasteiger partial charge in [-0.25, -0.2) is 9.67 Å². The van der Waals surface area contributed by atoms with Crippen LogP contribution in [0.2, 0.25) is 10.0 Å². The predicted octanol–water partition coefficient (Wildman–Crippen LogP) is 6.51. The van der Waals surface area contributed by atoms with Crippen molar-refractivity contribution in [1.82, 2.24) is 14.8 Å². The number of aromatic nitrogens is 3. The van der Waals surface area contributed by atoms with Crippen LogP contribution in [0.4, 0.5) is 18.9 Å². The molecule has 3 aromatic carbocycles. The Kier molecular flexibility index (Phi) is 5.90. The molecule has 0 bridgehead atoms. The maximum Gasteiger partial charge on any atom is 0.416 e. The van der Waals surface area contributed by atoms with Gasteiger partial charge in [0.15, 0.2) is 5.82 Å². The van der Waals surface area contributed by atoms with E-state index in [0.717, 1.165) is 12.1 Å². The number of anilines is 1. The summed E-state index contributed by atoms with van der Waals surface area (Å²) in [4.78, 5) is 17.0. The Morgan fingerprint density at radius 1 is 0.844 bits per heavy atom. The highest BCUT2D eigenvalue weighted by atomic mass is 35.5. The van der Waals surface area contributed by atoms with E-state index in [2.05, 4.69) is 15.4 Å². The minimum atomic E-state index is -4.47. The minimum Gasteiger partial charge on any atom is -0.319 e. The van der Waals surface area contributed by atoms with Gasteiger partial charge in [0.25, 0.3) is 5.91 Å². The summed E-state index contributed by atoms with van der Waals surface area (Å²) in [6, 6.07) is 17.5. The van der Waals surface area contributed by atoms with Crippen LogP contribution in [0.5, 0.6) is 0 Å². The molecule has 0 aliphatic heterocycles. The van der Waals surface area contributed by atoms with Gasteiger partial charge in [-0.2, -0.15) is 13.2 Å². The molecule has 1 N–H and O–H groups in total. The highest BCUT2D eigenvalue weighted by Gasteiger charge is 2.30. The molecule has 4 aromatic rings. The van der Waals surface area contributed by atoms with Crippen LogP contribution in [-0.2, 0) is 6.18 Å². The van der Waals surface area contributed by atoms with Crippen molar-refractivity contribution in [2.45, 2.75) is 6.18 Å². The number of nitrogens with one attached hydrogen (secondary N) is 1. The average Bonchev–Trinajstić information content (AvgIpc) is 3.21. The van der Waals surface area contributed by atoms with Crippen molar-refractivity contribution in [3.8, 4) is 17.1 Å². The Morgan fingerprint density at radius 3 is 1.97 bits per heavy atom. The number of benzene rings is 3. The second kappa shape index (κ2) is 8.64. The van der Waals surface area contributed by atoms with Gasteiger partial charge in [0, 0.05) is 21.3 Å². The van der Waals surface area contributed by atoms with Gasteiger partial charge in [0.2, 0.25) is 5.82 Å². The summed E-state index contributed by atoms with van der Waals surface area (Å²) in [7, 11) is 0. The summed E-state index contributed by atoms with van der Waals surface area (Å²) < 4.78 is 40.2. The zero-order valence-electron chi connectivity index (χ0n) is 16.1. The first-order chi connectivity index (χ1) is 15.2. The van der Waals surface area contributed by atoms with Crippen LogP contribution in [0.3, 0.4) is 0 Å². The largest absolute Gasteiger partial charge is 0.416 e. The number of halogens is 5. The Balaban J connectivity index is 1.74. The fourth-order valence-electron chi connectivity index (χ4n) is 2.89. The van der Waals surface area contributed by atoms with E-state index in [1.165, 1.54) is 16.8 Å². The van der Waals surface area contributed by atoms with E-state index in [4.69, 9.17) is 23.2 Å². The molecule has 0 saturated carbocycles. The highest BCUT2D eigenvalue weighted by Crippen LogP contribution is 2.31. The van der Waals surface area contributed by atoms with Crippen LogP contribution >= 0.6 is 23.2 Å². The monoisotopic (exact) mass is 476 g/mol. The van der Waals surface area contributed by atoms with Gasteiger partial charge in [-0.15, -0.1) is 5.10 Å². The minimum absolute atomic E-state index is 0.162. The molecule has 0 aliphatic carbocycles. The third kappa shape index (κ3) is 4.76. The van der Waals surface area contributed by atoms with Crippen molar-refractivity contribution in [1.29, 1.82) is 0 Å². The summed E-state index contributed by atoms with van der Waals surface area (Å²) in [6.45, 7) is 0. The van der Waals surface area contributed by atoms with Gasteiger partial charge in [-0.05, 0) is 60.7 Å². The molecule has 0 atom stereocenters. The second-order valence-electron chi connectivity index (χ2n) is 6.68.